The zero-order valence-corrected chi connectivity index (χ0v) is 16.8. The molecular weight excluding hydrogens is 516 g/mol. The average Bonchev–Trinajstić information content (AvgIpc) is 2.58. The molecule has 0 atom stereocenters. The Kier molecular flexibility index (Phi) is 5.62. The summed E-state index contributed by atoms with van der Waals surface area (Å²) >= 11 is 4.40. The van der Waals surface area contributed by atoms with Gasteiger partial charge in [0, 0.05) is 27.9 Å². The van der Waals surface area contributed by atoms with Gasteiger partial charge in [0.15, 0.2) is 0 Å². The summed E-state index contributed by atoms with van der Waals surface area (Å²) in [6.07, 6.45) is 1.76. The lowest BCUT2D eigenvalue weighted by atomic mass is 10.2. The molecule has 1 aliphatic rings. The van der Waals surface area contributed by atoms with E-state index in [-0.39, 0.29) is 0 Å². The van der Waals surface area contributed by atoms with Crippen molar-refractivity contribution in [1.82, 2.24) is 5.01 Å². The van der Waals surface area contributed by atoms with Crippen LogP contribution in [0.4, 0.5) is 5.69 Å². The van der Waals surface area contributed by atoms with Crippen LogP contribution in [-0.2, 0) is 0 Å². The molecule has 6 heteroatoms. The number of nitrogens with zero attached hydrogens (tertiary/aromatic N) is 3. The van der Waals surface area contributed by atoms with Crippen LogP contribution in [-0.4, -0.2) is 42.5 Å². The van der Waals surface area contributed by atoms with Gasteiger partial charge in [0.05, 0.1) is 22.9 Å². The Labute approximate surface area is 163 Å². The van der Waals surface area contributed by atoms with Crippen LogP contribution in [0.5, 0.6) is 5.75 Å². The molecule has 3 rings (SSSR count). The minimum absolute atomic E-state index is 0.303. The van der Waals surface area contributed by atoms with Gasteiger partial charge >= 0.3 is 0 Å². The third-order valence-electron chi connectivity index (χ3n) is 3.80. The van der Waals surface area contributed by atoms with Gasteiger partial charge in [-0.05, 0) is 69.4 Å². The maximum atomic E-state index is 10.1. The summed E-state index contributed by atoms with van der Waals surface area (Å²) in [6.45, 7) is 3.68. The zero-order chi connectivity index (χ0) is 16.2. The average molecular weight is 533 g/mol. The van der Waals surface area contributed by atoms with E-state index in [0.29, 0.717) is 5.75 Å². The van der Waals surface area contributed by atoms with Gasteiger partial charge < -0.3 is 10.0 Å². The lowest BCUT2D eigenvalue weighted by Gasteiger charge is -2.34. The highest BCUT2D eigenvalue weighted by Gasteiger charge is 2.15. The van der Waals surface area contributed by atoms with Gasteiger partial charge in [0.1, 0.15) is 5.75 Å². The van der Waals surface area contributed by atoms with Crippen molar-refractivity contribution < 1.29 is 5.11 Å². The first-order chi connectivity index (χ1) is 11.1. The topological polar surface area (TPSA) is 39.1 Å². The van der Waals surface area contributed by atoms with Crippen LogP contribution in [0.25, 0.3) is 0 Å². The van der Waals surface area contributed by atoms with E-state index in [1.54, 1.807) is 6.21 Å². The SMILES string of the molecule is Oc1c(I)cc(I)cc1/C=N/N1CCN(c2ccccc2)CC1. The molecule has 1 fully saturated rings. The molecular formula is C17H17I2N3O. The van der Waals surface area contributed by atoms with Crippen molar-refractivity contribution in [1.29, 1.82) is 0 Å². The summed E-state index contributed by atoms with van der Waals surface area (Å²) < 4.78 is 1.95. The van der Waals surface area contributed by atoms with Crippen LogP contribution < -0.4 is 4.90 Å². The Morgan fingerprint density at radius 3 is 2.39 bits per heavy atom. The summed E-state index contributed by atoms with van der Waals surface area (Å²) in [4.78, 5) is 2.37. The third kappa shape index (κ3) is 4.28. The van der Waals surface area contributed by atoms with Crippen molar-refractivity contribution in [3.8, 4) is 5.75 Å². The van der Waals surface area contributed by atoms with Crippen molar-refractivity contribution in [2.45, 2.75) is 0 Å². The largest absolute Gasteiger partial charge is 0.506 e. The monoisotopic (exact) mass is 533 g/mol. The van der Waals surface area contributed by atoms with Crippen molar-refractivity contribution in [3.05, 3.63) is 55.2 Å². The first-order valence-corrected chi connectivity index (χ1v) is 9.56. The van der Waals surface area contributed by atoms with Crippen molar-refractivity contribution in [2.75, 3.05) is 31.1 Å². The number of phenolic OH excluding ortho intramolecular Hbond substituents is 1. The lowest BCUT2D eigenvalue weighted by molar-refractivity contribution is 0.272. The van der Waals surface area contributed by atoms with Gasteiger partial charge in [0.25, 0.3) is 0 Å². The number of anilines is 1. The molecule has 0 aliphatic carbocycles. The first-order valence-electron chi connectivity index (χ1n) is 7.40. The van der Waals surface area contributed by atoms with Gasteiger partial charge in [-0.15, -0.1) is 0 Å². The van der Waals surface area contributed by atoms with E-state index in [0.717, 1.165) is 38.9 Å². The molecule has 4 nitrogen and oxygen atoms in total. The summed E-state index contributed by atoms with van der Waals surface area (Å²) in [6, 6.07) is 14.4. The fraction of sp³-hybridized carbons (Fsp3) is 0.235. The molecule has 1 aliphatic heterocycles. The number of benzene rings is 2. The molecule has 0 aromatic heterocycles. The van der Waals surface area contributed by atoms with Gasteiger partial charge in [0.2, 0.25) is 0 Å². The summed E-state index contributed by atoms with van der Waals surface area (Å²) in [7, 11) is 0. The molecule has 0 spiro atoms. The Bertz CT molecular complexity index is 698. The van der Waals surface area contributed by atoms with Crippen LogP contribution in [0.15, 0.2) is 47.6 Å². The van der Waals surface area contributed by atoms with Crippen molar-refractivity contribution in [2.24, 2.45) is 5.10 Å². The number of para-hydroxylation sites is 1. The fourth-order valence-electron chi connectivity index (χ4n) is 2.54. The smallest absolute Gasteiger partial charge is 0.137 e. The quantitative estimate of drug-likeness (QED) is 0.483. The molecule has 0 radical (unpaired) electrons. The highest BCUT2D eigenvalue weighted by atomic mass is 127. The van der Waals surface area contributed by atoms with E-state index in [2.05, 4.69) is 84.5 Å². The highest BCUT2D eigenvalue weighted by molar-refractivity contribution is 14.1. The van der Waals surface area contributed by atoms with Gasteiger partial charge in [-0.25, -0.2) is 0 Å². The van der Waals surface area contributed by atoms with Gasteiger partial charge in [-0.1, -0.05) is 18.2 Å². The van der Waals surface area contributed by atoms with E-state index < -0.39 is 0 Å². The number of hydrazone groups is 1. The number of halogens is 2. The molecule has 2 aromatic carbocycles. The number of hydrogen-bond donors (Lipinski definition) is 1. The molecule has 1 N–H and O–H groups in total. The maximum absolute atomic E-state index is 10.1. The van der Waals surface area contributed by atoms with Crippen molar-refractivity contribution in [3.63, 3.8) is 0 Å². The van der Waals surface area contributed by atoms with Gasteiger partial charge in [-0.3, -0.25) is 5.01 Å². The minimum Gasteiger partial charge on any atom is -0.506 e. The van der Waals surface area contributed by atoms with Crippen molar-refractivity contribution >= 4 is 57.1 Å². The predicted molar refractivity (Wildman–Crippen MR) is 111 cm³/mol. The van der Waals surface area contributed by atoms with E-state index in [1.165, 1.54) is 5.69 Å². The summed E-state index contributed by atoms with van der Waals surface area (Å²) in [5.74, 6) is 0.303. The number of rotatable bonds is 3. The van der Waals surface area contributed by atoms with E-state index in [1.807, 2.05) is 18.2 Å². The third-order valence-corrected chi connectivity index (χ3v) is 5.24. The van der Waals surface area contributed by atoms with E-state index in [9.17, 15) is 5.11 Å². The Morgan fingerprint density at radius 1 is 1.00 bits per heavy atom. The maximum Gasteiger partial charge on any atom is 0.137 e. The normalized spacial score (nSPS) is 15.4. The molecule has 0 amide bonds. The van der Waals surface area contributed by atoms with E-state index in [4.69, 9.17) is 0 Å². The first kappa shape index (κ1) is 16.8. The Morgan fingerprint density at radius 2 is 1.70 bits per heavy atom. The molecule has 0 unspecified atom stereocenters. The second kappa shape index (κ2) is 7.69. The fourth-order valence-corrected chi connectivity index (χ4v) is 4.43. The van der Waals surface area contributed by atoms with Crippen LogP contribution in [0, 0.1) is 7.14 Å². The standard InChI is InChI=1S/C17H17I2N3O/c18-14-10-13(17(23)16(19)11-14)12-20-22-8-6-21(7-9-22)15-4-2-1-3-5-15/h1-5,10-12,23H,6-9H2/b20-12+. The molecule has 2 aromatic rings. The van der Waals surface area contributed by atoms with Gasteiger partial charge in [-0.2, -0.15) is 5.10 Å². The number of aromatic hydroxyl groups is 1. The number of phenols is 1. The van der Waals surface area contributed by atoms with Crippen LogP contribution >= 0.6 is 45.2 Å². The minimum atomic E-state index is 0.303. The van der Waals surface area contributed by atoms with Crippen LogP contribution in [0.2, 0.25) is 0 Å². The van der Waals surface area contributed by atoms with Crippen LogP contribution in [0.3, 0.4) is 0 Å². The van der Waals surface area contributed by atoms with E-state index >= 15 is 0 Å². The molecule has 0 bridgehead atoms. The number of piperazine rings is 1. The highest BCUT2D eigenvalue weighted by Crippen LogP contribution is 2.26. The molecule has 0 saturated carbocycles. The Hall–Kier alpha value is -1.03. The summed E-state index contributed by atoms with van der Waals surface area (Å²) in [5, 5.41) is 16.7. The Balaban J connectivity index is 1.63. The second-order valence-corrected chi connectivity index (χ2v) is 7.75. The lowest BCUT2D eigenvalue weighted by Crippen LogP contribution is -2.44. The second-order valence-electron chi connectivity index (χ2n) is 5.35. The molecule has 1 heterocycles. The van der Waals surface area contributed by atoms with Crippen LogP contribution in [0.1, 0.15) is 5.56 Å². The predicted octanol–water partition coefficient (Wildman–Crippen LogP) is 3.76. The summed E-state index contributed by atoms with van der Waals surface area (Å²) in [5.41, 5.74) is 2.03. The zero-order valence-electron chi connectivity index (χ0n) is 12.5. The number of hydrogen-bond acceptors (Lipinski definition) is 4. The molecule has 1 saturated heterocycles. The molecule has 23 heavy (non-hydrogen) atoms. The molecule has 120 valence electrons.